The quantitative estimate of drug-likeness (QED) is 0.663. The van der Waals surface area contributed by atoms with Crippen LogP contribution in [0.2, 0.25) is 0 Å². The summed E-state index contributed by atoms with van der Waals surface area (Å²) >= 11 is 0. The second kappa shape index (κ2) is 6.64. The fraction of sp³-hybridized carbons (Fsp3) is 0.188. The Morgan fingerprint density at radius 1 is 1.31 bits per heavy atom. The predicted octanol–water partition coefficient (Wildman–Crippen LogP) is 0.825. The highest BCUT2D eigenvalue weighted by molar-refractivity contribution is 7.92. The van der Waals surface area contributed by atoms with Crippen molar-refractivity contribution in [2.45, 2.75) is 18.4 Å². The van der Waals surface area contributed by atoms with Crippen molar-refractivity contribution in [2.75, 3.05) is 17.0 Å². The summed E-state index contributed by atoms with van der Waals surface area (Å²) in [5.41, 5.74) is 7.23. The smallest absolute Gasteiger partial charge is 0.324 e. The minimum atomic E-state index is -3.93. The van der Waals surface area contributed by atoms with E-state index in [1.807, 2.05) is 0 Å². The average molecular weight is 375 g/mol. The van der Waals surface area contributed by atoms with Gasteiger partial charge in [-0.1, -0.05) is 12.1 Å². The average Bonchev–Trinajstić information content (AvgIpc) is 2.89. The molecule has 0 bridgehead atoms. The van der Waals surface area contributed by atoms with Gasteiger partial charge >= 0.3 is 6.03 Å². The molecule has 10 heteroatoms. The highest BCUT2D eigenvalue weighted by atomic mass is 32.2. The summed E-state index contributed by atoms with van der Waals surface area (Å²) in [6, 6.07) is 7.40. The van der Waals surface area contributed by atoms with Crippen molar-refractivity contribution in [3.05, 3.63) is 47.7 Å². The van der Waals surface area contributed by atoms with E-state index >= 15 is 0 Å². The maximum atomic E-state index is 12.6. The van der Waals surface area contributed by atoms with Gasteiger partial charge in [0.05, 0.1) is 13.1 Å². The van der Waals surface area contributed by atoms with Crippen molar-refractivity contribution < 1.29 is 18.0 Å². The van der Waals surface area contributed by atoms with Crippen molar-refractivity contribution in [3.8, 4) is 0 Å². The number of amides is 3. The SMILES string of the molecule is Cc1cnc(N)c(S(=O)(=O)Nc2cccc(CN3C(=O)CNC3=O)c2)c1. The van der Waals surface area contributed by atoms with Crippen LogP contribution in [-0.4, -0.2) is 36.8 Å². The summed E-state index contributed by atoms with van der Waals surface area (Å²) in [7, 11) is -3.93. The molecule has 0 unspecified atom stereocenters. The molecule has 3 rings (SSSR count). The molecule has 0 aliphatic carbocycles. The number of carbonyl (C=O) groups excluding carboxylic acids is 2. The minimum absolute atomic E-state index is 0.0369. The van der Waals surface area contributed by atoms with Crippen LogP contribution in [0.1, 0.15) is 11.1 Å². The molecule has 2 heterocycles. The third kappa shape index (κ3) is 3.59. The lowest BCUT2D eigenvalue weighted by Gasteiger charge is -2.14. The number of hydrogen-bond donors (Lipinski definition) is 3. The van der Waals surface area contributed by atoms with Gasteiger partial charge in [0.25, 0.3) is 10.0 Å². The zero-order chi connectivity index (χ0) is 18.9. The summed E-state index contributed by atoms with van der Waals surface area (Å²) in [6.07, 6.45) is 1.48. The van der Waals surface area contributed by atoms with Crippen molar-refractivity contribution in [3.63, 3.8) is 0 Å². The Kier molecular flexibility index (Phi) is 4.51. The number of sulfonamides is 1. The Labute approximate surface area is 150 Å². The van der Waals surface area contributed by atoms with E-state index in [0.717, 1.165) is 4.90 Å². The molecule has 26 heavy (non-hydrogen) atoms. The number of hydrogen-bond acceptors (Lipinski definition) is 6. The maximum Gasteiger partial charge on any atom is 0.324 e. The lowest BCUT2D eigenvalue weighted by Crippen LogP contribution is -2.30. The molecule has 1 aromatic heterocycles. The number of anilines is 2. The van der Waals surface area contributed by atoms with Crippen LogP contribution < -0.4 is 15.8 Å². The molecule has 0 radical (unpaired) electrons. The molecule has 0 atom stereocenters. The molecule has 2 aromatic rings. The summed E-state index contributed by atoms with van der Waals surface area (Å²) in [4.78, 5) is 28.1. The van der Waals surface area contributed by atoms with E-state index in [-0.39, 0.29) is 35.4 Å². The van der Waals surface area contributed by atoms with Crippen LogP contribution in [0.4, 0.5) is 16.3 Å². The van der Waals surface area contributed by atoms with Crippen LogP contribution in [0.25, 0.3) is 0 Å². The van der Waals surface area contributed by atoms with Crippen LogP contribution in [-0.2, 0) is 21.4 Å². The maximum absolute atomic E-state index is 12.6. The molecular formula is C16H17N5O4S. The molecule has 1 saturated heterocycles. The van der Waals surface area contributed by atoms with Gasteiger partial charge in [-0.05, 0) is 36.2 Å². The molecule has 1 aliphatic rings. The van der Waals surface area contributed by atoms with Crippen LogP contribution >= 0.6 is 0 Å². The Hall–Kier alpha value is -3.14. The number of nitrogens with two attached hydrogens (primary N) is 1. The van der Waals surface area contributed by atoms with Crippen LogP contribution in [0.5, 0.6) is 0 Å². The number of rotatable bonds is 5. The summed E-state index contributed by atoms with van der Waals surface area (Å²) < 4.78 is 27.6. The minimum Gasteiger partial charge on any atom is -0.383 e. The van der Waals surface area contributed by atoms with Gasteiger partial charge in [-0.25, -0.2) is 18.2 Å². The Bertz CT molecular complexity index is 974. The largest absolute Gasteiger partial charge is 0.383 e. The first-order valence-corrected chi connectivity index (χ1v) is 9.16. The van der Waals surface area contributed by atoms with E-state index in [0.29, 0.717) is 11.1 Å². The number of nitrogen functional groups attached to an aromatic ring is 1. The van der Waals surface area contributed by atoms with E-state index in [9.17, 15) is 18.0 Å². The molecule has 9 nitrogen and oxygen atoms in total. The van der Waals surface area contributed by atoms with Gasteiger partial charge in [0.2, 0.25) is 5.91 Å². The normalized spacial score (nSPS) is 14.4. The van der Waals surface area contributed by atoms with E-state index in [1.165, 1.54) is 12.3 Å². The predicted molar refractivity (Wildman–Crippen MR) is 94.6 cm³/mol. The number of aryl methyl sites for hydroxylation is 1. The van der Waals surface area contributed by atoms with Gasteiger partial charge in [0.15, 0.2) is 0 Å². The fourth-order valence-corrected chi connectivity index (χ4v) is 3.73. The number of nitrogens with one attached hydrogen (secondary N) is 2. The number of urea groups is 1. The van der Waals surface area contributed by atoms with Crippen LogP contribution in [0.3, 0.4) is 0 Å². The first kappa shape index (κ1) is 17.7. The molecule has 136 valence electrons. The highest BCUT2D eigenvalue weighted by Gasteiger charge is 2.28. The second-order valence-corrected chi connectivity index (χ2v) is 7.49. The van der Waals surface area contributed by atoms with Gasteiger partial charge in [-0.15, -0.1) is 0 Å². The van der Waals surface area contributed by atoms with Gasteiger partial charge < -0.3 is 11.1 Å². The lowest BCUT2D eigenvalue weighted by molar-refractivity contribution is -0.125. The van der Waals surface area contributed by atoms with Crippen LogP contribution in [0, 0.1) is 6.92 Å². The van der Waals surface area contributed by atoms with E-state index < -0.39 is 16.1 Å². The summed E-state index contributed by atoms with van der Waals surface area (Å²) in [6.45, 7) is 1.73. The standard InChI is InChI=1S/C16H17N5O4S/c1-10-5-13(15(17)18-7-10)26(24,25)20-12-4-2-3-11(6-12)9-21-14(22)8-19-16(21)23/h2-7,20H,8-9H2,1H3,(H2,17,18)(H,19,23). The fourth-order valence-electron chi connectivity index (χ4n) is 2.51. The number of nitrogens with zero attached hydrogens (tertiary/aromatic N) is 2. The number of pyridine rings is 1. The Morgan fingerprint density at radius 2 is 2.08 bits per heavy atom. The monoisotopic (exact) mass is 375 g/mol. The summed E-state index contributed by atoms with van der Waals surface area (Å²) in [5, 5.41) is 2.43. The topological polar surface area (TPSA) is 134 Å². The van der Waals surface area contributed by atoms with E-state index in [1.54, 1.807) is 31.2 Å². The second-order valence-electron chi connectivity index (χ2n) is 5.84. The molecule has 0 saturated carbocycles. The lowest BCUT2D eigenvalue weighted by atomic mass is 10.2. The third-order valence-electron chi connectivity index (χ3n) is 3.76. The van der Waals surface area contributed by atoms with Crippen molar-refractivity contribution in [1.82, 2.24) is 15.2 Å². The highest BCUT2D eigenvalue weighted by Crippen LogP contribution is 2.22. The molecule has 3 amide bonds. The van der Waals surface area contributed by atoms with E-state index in [4.69, 9.17) is 5.73 Å². The Balaban J connectivity index is 1.83. The van der Waals surface area contributed by atoms with Gasteiger partial charge in [-0.3, -0.25) is 14.4 Å². The summed E-state index contributed by atoms with van der Waals surface area (Å²) in [5.74, 6) is -0.432. The van der Waals surface area contributed by atoms with Gasteiger partial charge in [0.1, 0.15) is 10.7 Å². The number of carbonyl (C=O) groups is 2. The first-order valence-electron chi connectivity index (χ1n) is 7.68. The van der Waals surface area contributed by atoms with Gasteiger partial charge in [0, 0.05) is 11.9 Å². The Morgan fingerprint density at radius 3 is 2.77 bits per heavy atom. The van der Waals surface area contributed by atoms with Crippen molar-refractivity contribution in [2.24, 2.45) is 0 Å². The zero-order valence-corrected chi connectivity index (χ0v) is 14.7. The van der Waals surface area contributed by atoms with Crippen LogP contribution in [0.15, 0.2) is 41.4 Å². The van der Waals surface area contributed by atoms with Crippen molar-refractivity contribution in [1.29, 1.82) is 0 Å². The molecule has 0 spiro atoms. The number of aromatic nitrogens is 1. The van der Waals surface area contributed by atoms with Gasteiger partial charge in [-0.2, -0.15) is 0 Å². The third-order valence-corrected chi connectivity index (χ3v) is 5.18. The molecular weight excluding hydrogens is 358 g/mol. The zero-order valence-electron chi connectivity index (χ0n) is 13.9. The van der Waals surface area contributed by atoms with E-state index in [2.05, 4.69) is 15.0 Å². The molecule has 4 N–H and O–H groups in total. The molecule has 1 aromatic carbocycles. The number of benzene rings is 1. The first-order chi connectivity index (χ1) is 12.3. The molecule has 1 fully saturated rings. The molecule has 1 aliphatic heterocycles. The number of imide groups is 1. The van der Waals surface area contributed by atoms with Crippen molar-refractivity contribution >= 4 is 33.5 Å².